The molecule has 0 spiro atoms. The van der Waals surface area contributed by atoms with Crippen molar-refractivity contribution < 1.29 is 31.4 Å². The van der Waals surface area contributed by atoms with Crippen molar-refractivity contribution in [3.8, 4) is 0 Å². The van der Waals surface area contributed by atoms with Crippen molar-refractivity contribution in [3.63, 3.8) is 0 Å². The minimum Gasteiger partial charge on any atom is -0.439 e. The highest BCUT2D eigenvalue weighted by Crippen LogP contribution is 2.18. The van der Waals surface area contributed by atoms with Gasteiger partial charge in [-0.25, -0.2) is 4.58 Å². The Hall–Kier alpha value is -3.10. The van der Waals surface area contributed by atoms with Gasteiger partial charge in [-0.2, -0.15) is 0 Å². The first-order valence-electron chi connectivity index (χ1n) is 15.9. The van der Waals surface area contributed by atoms with Crippen LogP contribution in [0, 0.1) is 0 Å². The molecule has 5 rings (SSSR count). The number of rotatable bonds is 14. The van der Waals surface area contributed by atoms with E-state index in [0.29, 0.717) is 16.9 Å². The average Bonchev–Trinajstić information content (AvgIpc) is 3.12. The SMILES string of the molecule is C[Si](C)(C)OO[Si](O)(O)OCCc1ccccc1.C[Si](O[Si](O[SiH3])(c1ccccc1)c1ccccc1)(c1ccccc1)c1ccccc1. The van der Waals surface area contributed by atoms with Gasteiger partial charge in [0, 0.05) is 6.61 Å². The van der Waals surface area contributed by atoms with Gasteiger partial charge in [0.2, 0.25) is 16.6 Å². The smallest absolute Gasteiger partial charge is 0.439 e. The summed E-state index contributed by atoms with van der Waals surface area (Å²) >= 11 is 0. The van der Waals surface area contributed by atoms with Gasteiger partial charge in [0.05, 0.1) is 0 Å². The average molecular weight is 731 g/mol. The van der Waals surface area contributed by atoms with E-state index < -0.39 is 34.2 Å². The van der Waals surface area contributed by atoms with Crippen LogP contribution < -0.4 is 20.7 Å². The molecule has 5 aromatic rings. The van der Waals surface area contributed by atoms with Gasteiger partial charge in [0.1, 0.15) is 10.5 Å². The standard InChI is InChI=1S/C25H26O2Si3.C11H20O5Si2/c1-29(22-14-6-2-7-15-22,23-16-8-3-9-17-23)27-30(26-28,24-18-10-4-11-19-24)25-20-12-5-13-21-25;1-17(2,3)15-16-18(12,13)14-10-9-11-7-5-4-6-8-11/h2-21H,1,28H3;4-8,12-13H,9-10H2,1-3H3. The van der Waals surface area contributed by atoms with Crippen LogP contribution in [0.2, 0.25) is 26.2 Å². The second-order valence-corrected chi connectivity index (χ2v) is 26.3. The number of benzene rings is 5. The lowest BCUT2D eigenvalue weighted by molar-refractivity contribution is -0.194. The van der Waals surface area contributed by atoms with Gasteiger partial charge in [0.25, 0.3) is 0 Å². The van der Waals surface area contributed by atoms with E-state index in [-0.39, 0.29) is 6.61 Å². The summed E-state index contributed by atoms with van der Waals surface area (Å²) in [6, 6.07) is 52.0. The quantitative estimate of drug-likeness (QED) is 0.103. The Morgan fingerprint density at radius 2 is 0.896 bits per heavy atom. The minimum atomic E-state index is -4.15. The molecule has 0 aliphatic heterocycles. The summed E-state index contributed by atoms with van der Waals surface area (Å²) in [4.78, 5) is 19.0. The first-order chi connectivity index (χ1) is 23.0. The van der Waals surface area contributed by atoms with Crippen molar-refractivity contribution in [2.45, 2.75) is 32.6 Å². The Kier molecular flexibility index (Phi) is 13.8. The summed E-state index contributed by atoms with van der Waals surface area (Å²) < 4.78 is 28.5. The van der Waals surface area contributed by atoms with Crippen molar-refractivity contribution in [2.75, 3.05) is 6.61 Å². The molecular weight excluding hydrogens is 685 g/mol. The lowest BCUT2D eigenvalue weighted by Gasteiger charge is -2.40. The molecule has 48 heavy (non-hydrogen) atoms. The molecule has 0 saturated heterocycles. The zero-order valence-electron chi connectivity index (χ0n) is 28.3. The van der Waals surface area contributed by atoms with Gasteiger partial charge in [0.15, 0.2) is 0 Å². The van der Waals surface area contributed by atoms with Crippen LogP contribution >= 0.6 is 0 Å². The Morgan fingerprint density at radius 1 is 0.521 bits per heavy atom. The van der Waals surface area contributed by atoms with Crippen molar-refractivity contribution in [2.24, 2.45) is 0 Å². The van der Waals surface area contributed by atoms with Gasteiger partial charge >= 0.3 is 17.6 Å². The summed E-state index contributed by atoms with van der Waals surface area (Å²) in [7, 11) is -11.0. The Balaban J connectivity index is 0.000000248. The van der Waals surface area contributed by atoms with Crippen LogP contribution in [0.25, 0.3) is 0 Å². The first-order valence-corrected chi connectivity index (χ1v) is 26.1. The molecule has 5 aromatic carbocycles. The predicted molar refractivity (Wildman–Crippen MR) is 206 cm³/mol. The number of hydrogen-bond acceptors (Lipinski definition) is 7. The number of hydrogen-bond donors (Lipinski definition) is 2. The van der Waals surface area contributed by atoms with Gasteiger partial charge in [-0.3, -0.25) is 4.58 Å². The molecule has 0 amide bonds. The first kappa shape index (κ1) is 37.7. The molecule has 0 aromatic heterocycles. The van der Waals surface area contributed by atoms with Crippen LogP contribution in [0.4, 0.5) is 0 Å². The van der Waals surface area contributed by atoms with Crippen molar-refractivity contribution in [1.29, 1.82) is 0 Å². The van der Waals surface area contributed by atoms with E-state index in [9.17, 15) is 9.59 Å². The fourth-order valence-corrected chi connectivity index (χ4v) is 17.7. The fraction of sp³-hybridized carbons (Fsp3) is 0.167. The summed E-state index contributed by atoms with van der Waals surface area (Å²) in [5, 5.41) is 4.80. The second-order valence-electron chi connectivity index (χ2n) is 12.3. The molecule has 0 aliphatic carbocycles. The highest BCUT2D eigenvalue weighted by atomic mass is 28.5. The van der Waals surface area contributed by atoms with E-state index in [1.807, 2.05) is 62.1 Å². The third-order valence-electron chi connectivity index (χ3n) is 7.52. The summed E-state index contributed by atoms with van der Waals surface area (Å²) in [6.45, 7) is 8.11. The van der Waals surface area contributed by atoms with Crippen LogP contribution in [-0.2, 0) is 28.2 Å². The molecular formula is C36H46O7Si5. The Labute approximate surface area is 292 Å². The highest BCUT2D eigenvalue weighted by Gasteiger charge is 2.49. The Bertz CT molecular complexity index is 1550. The summed E-state index contributed by atoms with van der Waals surface area (Å²) in [5.41, 5.74) is 1.06. The Morgan fingerprint density at radius 3 is 1.27 bits per heavy atom. The molecule has 12 heteroatoms. The second kappa shape index (κ2) is 17.5. The van der Waals surface area contributed by atoms with E-state index in [4.69, 9.17) is 17.2 Å². The van der Waals surface area contributed by atoms with E-state index >= 15 is 0 Å². The maximum atomic E-state index is 9.50. The normalized spacial score (nSPS) is 12.3. The van der Waals surface area contributed by atoms with Gasteiger partial charge < -0.3 is 22.2 Å². The van der Waals surface area contributed by atoms with Crippen molar-refractivity contribution in [3.05, 3.63) is 157 Å². The summed E-state index contributed by atoms with van der Waals surface area (Å²) in [6.07, 6.45) is 0.590. The van der Waals surface area contributed by atoms with Gasteiger partial charge in [-0.05, 0) is 58.9 Å². The zero-order valence-corrected chi connectivity index (χ0v) is 34.3. The molecule has 0 fully saturated rings. The largest absolute Gasteiger partial charge is 0.701 e. The summed E-state index contributed by atoms with van der Waals surface area (Å²) in [5.74, 6) is 0. The van der Waals surface area contributed by atoms with Gasteiger partial charge in [-0.1, -0.05) is 152 Å². The lowest BCUT2D eigenvalue weighted by atomic mass is 10.2. The fourth-order valence-electron chi connectivity index (χ4n) is 5.11. The molecule has 252 valence electrons. The third-order valence-corrected chi connectivity index (χ3v) is 19.3. The lowest BCUT2D eigenvalue weighted by Crippen LogP contribution is -2.73. The van der Waals surface area contributed by atoms with Crippen LogP contribution in [0.3, 0.4) is 0 Å². The predicted octanol–water partition coefficient (Wildman–Crippen LogP) is 3.40. The molecule has 2 N–H and O–H groups in total. The van der Waals surface area contributed by atoms with Gasteiger partial charge in [-0.15, -0.1) is 0 Å². The molecule has 0 aliphatic rings. The highest BCUT2D eigenvalue weighted by molar-refractivity contribution is 7.07. The molecule has 0 bridgehead atoms. The van der Waals surface area contributed by atoms with Crippen molar-refractivity contribution in [1.82, 2.24) is 0 Å². The monoisotopic (exact) mass is 730 g/mol. The maximum absolute atomic E-state index is 9.50. The van der Waals surface area contributed by atoms with E-state index in [1.54, 1.807) is 0 Å². The molecule has 0 unspecified atom stereocenters. The van der Waals surface area contributed by atoms with Crippen LogP contribution in [0.5, 0.6) is 0 Å². The zero-order chi connectivity index (χ0) is 34.5. The van der Waals surface area contributed by atoms with Crippen LogP contribution in [0.1, 0.15) is 5.56 Å². The van der Waals surface area contributed by atoms with Crippen molar-refractivity contribution >= 4 is 65.5 Å². The molecule has 0 radical (unpaired) electrons. The maximum Gasteiger partial charge on any atom is 0.701 e. The molecule has 7 nitrogen and oxygen atoms in total. The van der Waals surface area contributed by atoms with E-state index in [1.165, 1.54) is 10.4 Å². The minimum absolute atomic E-state index is 0.179. The third kappa shape index (κ3) is 10.7. The molecule has 0 atom stereocenters. The molecule has 0 heterocycles. The molecule has 0 saturated carbocycles. The van der Waals surface area contributed by atoms with Crippen LogP contribution in [-0.4, -0.2) is 60.9 Å². The van der Waals surface area contributed by atoms with Crippen LogP contribution in [0.15, 0.2) is 152 Å². The van der Waals surface area contributed by atoms with E-state index in [2.05, 4.69) is 120 Å². The van der Waals surface area contributed by atoms with E-state index in [0.717, 1.165) is 15.9 Å². The topological polar surface area (TPSA) is 86.6 Å².